The van der Waals surface area contributed by atoms with E-state index < -0.39 is 6.04 Å². The van der Waals surface area contributed by atoms with E-state index in [1.54, 1.807) is 17.4 Å². The lowest BCUT2D eigenvalue weighted by atomic mass is 9.83. The number of piperazine rings is 1. The summed E-state index contributed by atoms with van der Waals surface area (Å²) in [4.78, 5) is 65.5. The first-order valence-electron chi connectivity index (χ1n) is 28.8. The van der Waals surface area contributed by atoms with Gasteiger partial charge in [-0.15, -0.1) is 11.3 Å². The molecule has 4 fully saturated rings. The van der Waals surface area contributed by atoms with Crippen molar-refractivity contribution in [2.75, 3.05) is 81.9 Å². The van der Waals surface area contributed by atoms with Gasteiger partial charge >= 0.3 is 6.01 Å². The van der Waals surface area contributed by atoms with Crippen molar-refractivity contribution < 1.29 is 33.7 Å². The van der Waals surface area contributed by atoms with Crippen LogP contribution >= 0.6 is 11.3 Å². The van der Waals surface area contributed by atoms with Gasteiger partial charge in [0.25, 0.3) is 0 Å². The number of ether oxygens (including phenoxy) is 3. The summed E-state index contributed by atoms with van der Waals surface area (Å²) >= 11 is 1.61. The Morgan fingerprint density at radius 1 is 0.823 bits per heavy atom. The molecule has 5 aliphatic rings. The van der Waals surface area contributed by atoms with Gasteiger partial charge in [0.2, 0.25) is 17.7 Å². The Kier molecular flexibility index (Phi) is 16.9. The van der Waals surface area contributed by atoms with E-state index in [0.29, 0.717) is 64.9 Å². The van der Waals surface area contributed by atoms with Crippen LogP contribution in [0.25, 0.3) is 32.8 Å². The molecule has 2 aromatic heterocycles. The zero-order valence-electron chi connectivity index (χ0n) is 45.8. The second-order valence-corrected chi connectivity index (χ2v) is 22.9. The van der Waals surface area contributed by atoms with Gasteiger partial charge in [-0.1, -0.05) is 81.3 Å². The Hall–Kier alpha value is -6.82. The number of hydrogen-bond donors (Lipinski definition) is 2. The number of nitrogens with zero attached hydrogens (tertiary/aromatic N) is 8. The number of amides is 3. The second kappa shape index (κ2) is 24.7. The van der Waals surface area contributed by atoms with E-state index in [0.717, 1.165) is 150 Å². The summed E-state index contributed by atoms with van der Waals surface area (Å²) in [5.74, 6) is 2.01. The number of hydrogen-bond acceptors (Lipinski definition) is 14. The lowest BCUT2D eigenvalue weighted by molar-refractivity contribution is -0.139. The molecule has 4 aromatic carbocycles. The molecule has 16 nitrogen and oxygen atoms in total. The molecule has 416 valence electrons. The maximum Gasteiger partial charge on any atom is 0.318 e. The van der Waals surface area contributed by atoms with Crippen molar-refractivity contribution >= 4 is 62.1 Å². The third kappa shape index (κ3) is 12.2. The number of phenolic OH excluding ortho intramolecular Hbond substituents is 1. The highest BCUT2D eigenvalue weighted by Gasteiger charge is 2.40. The molecule has 79 heavy (non-hydrogen) atoms. The van der Waals surface area contributed by atoms with Crippen LogP contribution in [0.4, 0.5) is 11.5 Å². The highest BCUT2D eigenvalue weighted by Crippen LogP contribution is 2.41. The molecule has 0 spiro atoms. The predicted octanol–water partition coefficient (Wildman–Crippen LogP) is 9.48. The van der Waals surface area contributed by atoms with Crippen LogP contribution in [0.1, 0.15) is 100 Å². The van der Waals surface area contributed by atoms with Crippen LogP contribution in [0, 0.1) is 5.92 Å². The Morgan fingerprint density at radius 3 is 2.38 bits per heavy atom. The number of fused-ring (bicyclic) bond motifs is 3. The number of rotatable bonds is 18. The van der Waals surface area contributed by atoms with E-state index in [9.17, 15) is 19.5 Å². The third-order valence-corrected chi connectivity index (χ3v) is 17.8. The summed E-state index contributed by atoms with van der Waals surface area (Å²) < 4.78 is 19.4. The zero-order chi connectivity index (χ0) is 54.4. The van der Waals surface area contributed by atoms with Crippen LogP contribution in [0.2, 0.25) is 0 Å². The number of carbonyl (C=O) groups excluding carboxylic acids is 3. The number of carbonyl (C=O) groups is 3. The van der Waals surface area contributed by atoms with Gasteiger partial charge in [0, 0.05) is 104 Å². The molecule has 3 atom stereocenters. The fourth-order valence-electron chi connectivity index (χ4n) is 12.7. The summed E-state index contributed by atoms with van der Waals surface area (Å²) in [5, 5.41) is 21.0. The average Bonchev–Trinajstić information content (AvgIpc) is 4.24. The molecule has 0 bridgehead atoms. The fourth-order valence-corrected chi connectivity index (χ4v) is 13.7. The highest BCUT2D eigenvalue weighted by molar-refractivity contribution is 7.10. The quantitative estimate of drug-likeness (QED) is 0.0618. The van der Waals surface area contributed by atoms with E-state index in [1.807, 2.05) is 59.2 Å². The van der Waals surface area contributed by atoms with Gasteiger partial charge in [-0.3, -0.25) is 19.3 Å². The summed E-state index contributed by atoms with van der Waals surface area (Å²) in [6.45, 7) is 15.4. The molecule has 2 N–H and O–H groups in total. The van der Waals surface area contributed by atoms with E-state index in [-0.39, 0.29) is 47.6 Å². The van der Waals surface area contributed by atoms with E-state index in [4.69, 9.17) is 29.2 Å². The number of nitrogens with one attached hydrogen (secondary N) is 1. The molecular weight excluding hydrogens is 1010 g/mol. The predicted molar refractivity (Wildman–Crippen MR) is 310 cm³/mol. The minimum absolute atomic E-state index is 0.0423. The standard InChI is InChI=1S/C62H75N9O7S/c1-4-56(73)65-58(42-14-7-6-8-15-42)61(75)71-26-13-20-53(71)60-63-52(40-79-60)48-21-22-55(49-19-12-11-18-47(48)49)77-35-34-76-45-23-27-67(28-24-45)38-41(3)78-62-64-51-39-70(54-37-44(72)36-43-16-9-10-17-46(43)54)29-25-50(51)59(66-62)69-32-30-68(31-33-69)57(74)5-2/h5,9-12,16-19,21-22,36-37,40-42,45,53,58,72H,2,4,6-8,13-15,20,23-35,38-39H2,1,3H3,(H,65,73)/t41-,53+,58+/m1/s1. The molecule has 1 aliphatic carbocycles. The average molecular weight is 1090 g/mol. The number of phenols is 1. The maximum absolute atomic E-state index is 14.3. The van der Waals surface area contributed by atoms with Crippen molar-refractivity contribution in [3.8, 4) is 28.8 Å². The lowest BCUT2D eigenvalue weighted by Crippen LogP contribution is -2.52. The molecule has 3 saturated heterocycles. The first-order chi connectivity index (χ1) is 38.6. The Bertz CT molecular complexity index is 3150. The lowest BCUT2D eigenvalue weighted by Gasteiger charge is -2.38. The highest BCUT2D eigenvalue weighted by atomic mass is 32.1. The zero-order valence-corrected chi connectivity index (χ0v) is 46.6. The number of likely N-dealkylation sites (tertiary alicyclic amines) is 2. The SMILES string of the molecule is C=CC(=O)N1CCN(c2nc(O[C@H](C)CN3CCC(OCCOc4ccc(-c5csc([C@@H]6CCCN6C(=O)[C@@H](NC(=O)CC)C6CCCCC6)n5)c5ccccc45)CC3)nc3c2CCN(c2cc(O)cc4ccccc24)C3)CC1. The molecule has 3 amide bonds. The summed E-state index contributed by atoms with van der Waals surface area (Å²) in [6.07, 6.45) is 11.4. The Labute approximate surface area is 467 Å². The van der Waals surface area contributed by atoms with Crippen molar-refractivity contribution in [1.29, 1.82) is 0 Å². The number of aromatic nitrogens is 3. The van der Waals surface area contributed by atoms with Crippen LogP contribution in [-0.4, -0.2) is 143 Å². The molecule has 1 saturated carbocycles. The minimum Gasteiger partial charge on any atom is -0.508 e. The largest absolute Gasteiger partial charge is 0.508 e. The Balaban J connectivity index is 0.683. The summed E-state index contributed by atoms with van der Waals surface area (Å²) in [7, 11) is 0. The number of benzene rings is 4. The van der Waals surface area contributed by atoms with Crippen LogP contribution in [0.3, 0.4) is 0 Å². The molecule has 0 radical (unpaired) electrons. The number of aromatic hydroxyl groups is 1. The monoisotopic (exact) mass is 1090 g/mol. The van der Waals surface area contributed by atoms with Crippen LogP contribution in [0.5, 0.6) is 17.5 Å². The molecule has 4 aliphatic heterocycles. The Morgan fingerprint density at radius 2 is 1.59 bits per heavy atom. The normalized spacial score (nSPS) is 19.3. The van der Waals surface area contributed by atoms with Crippen molar-refractivity contribution in [3.05, 3.63) is 107 Å². The minimum atomic E-state index is -0.477. The van der Waals surface area contributed by atoms with Crippen molar-refractivity contribution in [1.82, 2.24) is 35.0 Å². The van der Waals surface area contributed by atoms with E-state index in [1.165, 1.54) is 12.5 Å². The molecule has 6 aromatic rings. The number of anilines is 2. The van der Waals surface area contributed by atoms with Crippen LogP contribution in [0.15, 0.2) is 90.8 Å². The maximum atomic E-state index is 14.3. The third-order valence-electron chi connectivity index (χ3n) is 16.8. The number of thiazole rings is 1. The van der Waals surface area contributed by atoms with Gasteiger partial charge < -0.3 is 44.2 Å². The van der Waals surface area contributed by atoms with E-state index in [2.05, 4.69) is 63.2 Å². The fraction of sp³-hybridized carbons (Fsp3) is 0.484. The van der Waals surface area contributed by atoms with Crippen molar-refractivity contribution in [2.24, 2.45) is 5.92 Å². The summed E-state index contributed by atoms with van der Waals surface area (Å²) in [6, 6.07) is 24.0. The molecule has 0 unspecified atom stereocenters. The van der Waals surface area contributed by atoms with Gasteiger partial charge in [0.15, 0.2) is 0 Å². The molecule has 6 heterocycles. The first-order valence-corrected chi connectivity index (χ1v) is 29.7. The van der Waals surface area contributed by atoms with Crippen LogP contribution < -0.4 is 24.6 Å². The smallest absolute Gasteiger partial charge is 0.318 e. The molecule has 17 heteroatoms. The van der Waals surface area contributed by atoms with Gasteiger partial charge in [0.05, 0.1) is 36.7 Å². The second-order valence-electron chi connectivity index (χ2n) is 22.0. The van der Waals surface area contributed by atoms with Crippen molar-refractivity contribution in [2.45, 2.75) is 115 Å². The number of piperidine rings is 1. The van der Waals surface area contributed by atoms with Gasteiger partial charge in [-0.2, -0.15) is 9.97 Å². The van der Waals surface area contributed by atoms with Gasteiger partial charge in [-0.05, 0) is 92.8 Å². The van der Waals surface area contributed by atoms with Gasteiger partial charge in [0.1, 0.15) is 41.1 Å². The molecular formula is C62H75N9O7S. The summed E-state index contributed by atoms with van der Waals surface area (Å²) in [5.41, 5.74) is 4.90. The first kappa shape index (κ1) is 54.2. The van der Waals surface area contributed by atoms with E-state index >= 15 is 0 Å². The molecule has 11 rings (SSSR count). The van der Waals surface area contributed by atoms with Crippen LogP contribution in [-0.2, 0) is 32.1 Å². The van der Waals surface area contributed by atoms with Gasteiger partial charge in [-0.25, -0.2) is 4.98 Å². The topological polar surface area (TPSA) is 166 Å². The van der Waals surface area contributed by atoms with Crippen molar-refractivity contribution in [3.63, 3.8) is 0 Å².